The smallest absolute Gasteiger partial charge is 0.337 e. The van der Waals surface area contributed by atoms with E-state index in [0.717, 1.165) is 71.6 Å². The van der Waals surface area contributed by atoms with Gasteiger partial charge in [0.25, 0.3) is 11.8 Å². The number of carbonyl (C=O) groups is 4. The minimum absolute atomic E-state index is 0.0493. The highest BCUT2D eigenvalue weighted by Gasteiger charge is 2.35. The van der Waals surface area contributed by atoms with Gasteiger partial charge in [-0.1, -0.05) is 12.1 Å². The van der Waals surface area contributed by atoms with Crippen LogP contribution in [0.2, 0.25) is 0 Å². The number of nitrogens with zero attached hydrogens (tertiary/aromatic N) is 2. The Kier molecular flexibility index (Phi) is 21.4. The highest BCUT2D eigenvalue weighted by molar-refractivity contribution is 7.92. The minimum Gasteiger partial charge on any atom is -0.478 e. The van der Waals surface area contributed by atoms with Gasteiger partial charge in [0, 0.05) is 48.1 Å². The Morgan fingerprint density at radius 3 is 1.29 bits per heavy atom. The van der Waals surface area contributed by atoms with Crippen LogP contribution in [-0.2, 0) is 56.9 Å². The number of aryl methyl sites for hydroxylation is 2. The van der Waals surface area contributed by atoms with Crippen molar-refractivity contribution in [3.63, 3.8) is 0 Å². The number of anilines is 2. The quantitative estimate of drug-likeness (QED) is 0.0304. The number of hydrogen-bond donors (Lipinski definition) is 3. The van der Waals surface area contributed by atoms with Crippen molar-refractivity contribution in [1.82, 2.24) is 10.6 Å². The Morgan fingerprint density at radius 2 is 0.934 bits per heavy atom. The van der Waals surface area contributed by atoms with Gasteiger partial charge in [-0.05, 0) is 170 Å². The molecule has 3 N–H and O–H groups in total. The van der Waals surface area contributed by atoms with Gasteiger partial charge in [0.15, 0.2) is 0 Å². The van der Waals surface area contributed by atoms with Crippen molar-refractivity contribution in [1.29, 1.82) is 0 Å². The zero-order valence-electron chi connectivity index (χ0n) is 51.5. The van der Waals surface area contributed by atoms with Crippen molar-refractivity contribution in [2.75, 3.05) is 95.1 Å². The fourth-order valence-electron chi connectivity index (χ4n) is 10.6. The summed E-state index contributed by atoms with van der Waals surface area (Å²) in [5, 5.41) is 15.5. The van der Waals surface area contributed by atoms with Gasteiger partial charge in [-0.25, -0.2) is 35.2 Å². The number of ether oxygens (including phenoxy) is 5. The molecule has 0 spiro atoms. The van der Waals surface area contributed by atoms with Crippen LogP contribution in [0.4, 0.5) is 20.2 Å². The lowest BCUT2D eigenvalue weighted by molar-refractivity contribution is 0.0433. The summed E-state index contributed by atoms with van der Waals surface area (Å²) in [5.74, 6) is -2.14. The molecule has 91 heavy (non-hydrogen) atoms. The minimum atomic E-state index is -3.73. The molecule has 0 saturated heterocycles. The first-order chi connectivity index (χ1) is 43.5. The first-order valence-corrected chi connectivity index (χ1v) is 33.1. The van der Waals surface area contributed by atoms with Crippen LogP contribution in [0.1, 0.15) is 112 Å². The van der Waals surface area contributed by atoms with Crippen LogP contribution in [0.25, 0.3) is 44.6 Å². The van der Waals surface area contributed by atoms with Crippen molar-refractivity contribution >= 4 is 77.1 Å². The van der Waals surface area contributed by atoms with Crippen LogP contribution in [-0.4, -0.2) is 132 Å². The molecular formula is C67H72F2N4O16S2. The molecule has 0 bridgehead atoms. The van der Waals surface area contributed by atoms with E-state index >= 15 is 0 Å². The molecule has 0 atom stereocenters. The number of carbonyl (C=O) groups excluding carboxylic acids is 3. The molecule has 8 aromatic rings. The van der Waals surface area contributed by atoms with E-state index in [9.17, 15) is 44.8 Å². The molecule has 0 aliphatic heterocycles. The maximum Gasteiger partial charge on any atom is 0.337 e. The Balaban J connectivity index is 0.000000215. The molecule has 20 nitrogen and oxygen atoms in total. The molecule has 0 radical (unpaired) electrons. The fraction of sp³-hybridized carbons (Fsp3) is 0.343. The number of halogens is 2. The zero-order chi connectivity index (χ0) is 65.3. The molecule has 2 fully saturated rings. The first-order valence-electron chi connectivity index (χ1n) is 29.4. The monoisotopic (exact) mass is 1290 g/mol. The van der Waals surface area contributed by atoms with Gasteiger partial charge in [-0.2, -0.15) is 0 Å². The first kappa shape index (κ1) is 66.9. The molecule has 482 valence electrons. The summed E-state index contributed by atoms with van der Waals surface area (Å²) >= 11 is 0. The second kappa shape index (κ2) is 29.2. The molecule has 2 saturated carbocycles. The summed E-state index contributed by atoms with van der Waals surface area (Å²) in [6, 6.07) is 28.4. The number of esters is 1. The number of aromatic carboxylic acids is 1. The third-order valence-corrected chi connectivity index (χ3v) is 18.0. The molecule has 2 aromatic heterocycles. The second-order valence-corrected chi connectivity index (χ2v) is 26.0. The highest BCUT2D eigenvalue weighted by atomic mass is 32.2. The van der Waals surface area contributed by atoms with Gasteiger partial charge in [0.05, 0.1) is 119 Å². The van der Waals surface area contributed by atoms with Gasteiger partial charge < -0.3 is 48.3 Å². The number of nitrogens with one attached hydrogen (secondary N) is 2. The Bertz CT molecular complexity index is 4220. The highest BCUT2D eigenvalue weighted by Crippen LogP contribution is 2.50. The number of carboxylic acid groups (broad SMARTS) is 1. The number of amides is 2. The summed E-state index contributed by atoms with van der Waals surface area (Å²) in [5.41, 5.74) is 9.08. The van der Waals surface area contributed by atoms with E-state index in [1.54, 1.807) is 36.4 Å². The van der Waals surface area contributed by atoms with Crippen LogP contribution < -0.4 is 19.2 Å². The van der Waals surface area contributed by atoms with Crippen molar-refractivity contribution < 1.29 is 82.4 Å². The van der Waals surface area contributed by atoms with Crippen LogP contribution in [0.15, 0.2) is 118 Å². The summed E-state index contributed by atoms with van der Waals surface area (Å²) in [6.45, 7) is 5.69. The third kappa shape index (κ3) is 16.3. The summed E-state index contributed by atoms with van der Waals surface area (Å²) < 4.78 is 122. The van der Waals surface area contributed by atoms with E-state index in [2.05, 4.69) is 10.6 Å². The second-order valence-electron chi connectivity index (χ2n) is 22.2. The topological polar surface area (TPSA) is 260 Å². The Morgan fingerprint density at radius 1 is 0.549 bits per heavy atom. The predicted octanol–water partition coefficient (Wildman–Crippen LogP) is 11.1. The number of furan rings is 2. The molecule has 2 heterocycles. The van der Waals surface area contributed by atoms with Crippen LogP contribution in [0.5, 0.6) is 0 Å². The van der Waals surface area contributed by atoms with Crippen LogP contribution in [0, 0.1) is 25.5 Å². The zero-order valence-corrected chi connectivity index (χ0v) is 53.1. The van der Waals surface area contributed by atoms with Gasteiger partial charge in [-0.15, -0.1) is 0 Å². The largest absolute Gasteiger partial charge is 0.478 e. The third-order valence-electron chi connectivity index (χ3n) is 15.7. The number of methoxy groups -OCH3 is 1. The molecular weight excluding hydrogens is 1220 g/mol. The normalized spacial score (nSPS) is 13.2. The fourth-order valence-corrected chi connectivity index (χ4v) is 12.4. The van der Waals surface area contributed by atoms with Crippen molar-refractivity contribution in [2.24, 2.45) is 0 Å². The molecule has 2 aliphatic carbocycles. The number of fused-ring (bicyclic) bond motifs is 2. The molecule has 0 unspecified atom stereocenters. The van der Waals surface area contributed by atoms with Crippen molar-refractivity contribution in [2.45, 2.75) is 64.6 Å². The van der Waals surface area contributed by atoms with Gasteiger partial charge in [-0.3, -0.25) is 18.2 Å². The van der Waals surface area contributed by atoms with Crippen molar-refractivity contribution in [3.8, 4) is 22.6 Å². The Labute approximate surface area is 526 Å². The van der Waals surface area contributed by atoms with Gasteiger partial charge >= 0.3 is 11.9 Å². The standard InChI is InChI=1S/C34H37FN2O8S.C33H35FN2O8S/c1-21-17-24(34(39)42-3)7-8-25(21)20-44-16-15-43-14-13-37(46(4,40)41)29-19-30-28(18-27(29)22-5-6-22)31(33(38)36-2)32(45-30)23-9-11-26(35)12-10-23;1-20-16-23(33(38)39)6-7-24(20)19-43-15-14-42-13-12-36(45(3,40)41)28-18-29-27(17-26(28)21-4-5-21)30(32(37)35-2)31(44-29)22-8-10-25(34)11-9-22/h7-12,17-19,22H,5-6,13-16,20H2,1-4H3,(H,36,38);6-11,16-18,21H,4-5,12-15,19H2,1-3H3,(H,35,37)(H,38,39). The molecule has 24 heteroatoms. The predicted molar refractivity (Wildman–Crippen MR) is 340 cm³/mol. The van der Waals surface area contributed by atoms with E-state index in [-0.39, 0.29) is 100 Å². The van der Waals surface area contributed by atoms with Gasteiger partial charge in [0.2, 0.25) is 20.0 Å². The molecule has 6 aromatic carbocycles. The van der Waals surface area contributed by atoms with Gasteiger partial charge in [0.1, 0.15) is 34.3 Å². The number of rotatable bonds is 28. The summed E-state index contributed by atoms with van der Waals surface area (Å²) in [6.07, 6.45) is 5.85. The number of carboxylic acids is 1. The van der Waals surface area contributed by atoms with E-state index in [1.165, 1.54) is 84.4 Å². The maximum atomic E-state index is 13.7. The number of benzene rings is 6. The van der Waals surface area contributed by atoms with Crippen LogP contribution in [0.3, 0.4) is 0 Å². The molecule has 2 amide bonds. The lowest BCUT2D eigenvalue weighted by Gasteiger charge is -2.25. The number of hydrogen-bond acceptors (Lipinski definition) is 15. The van der Waals surface area contributed by atoms with Crippen LogP contribution >= 0.6 is 0 Å². The summed E-state index contributed by atoms with van der Waals surface area (Å²) in [4.78, 5) is 48.9. The molecule has 10 rings (SSSR count). The van der Waals surface area contributed by atoms with Crippen molar-refractivity contribution in [3.05, 3.63) is 176 Å². The summed E-state index contributed by atoms with van der Waals surface area (Å²) in [7, 11) is -3.07. The number of sulfonamides is 2. The van der Waals surface area contributed by atoms with E-state index in [4.69, 9.17) is 37.6 Å². The SMILES string of the molecule is CNC(=O)c1c(-c2ccc(F)cc2)oc2cc(N(CCOCCOCc3ccc(C(=O)O)cc3C)S(C)(=O)=O)c(C3CC3)cc12.CNC(=O)c1c(-c2ccc(F)cc2)oc2cc(N(CCOCCOCc3ccc(C(=O)OC)cc3C)S(C)(=O)=O)c(C3CC3)cc12. The lowest BCUT2D eigenvalue weighted by Crippen LogP contribution is -2.34. The Hall–Kier alpha value is -8.52. The van der Waals surface area contributed by atoms with E-state index in [1.807, 2.05) is 32.0 Å². The molecule has 2 aliphatic rings. The average Bonchev–Trinajstić information content (AvgIpc) is 1.62. The van der Waals surface area contributed by atoms with E-state index < -0.39 is 43.6 Å². The lowest BCUT2D eigenvalue weighted by atomic mass is 10.0. The maximum absolute atomic E-state index is 13.7. The van der Waals surface area contributed by atoms with E-state index in [0.29, 0.717) is 67.7 Å². The average molecular weight is 1290 g/mol.